The van der Waals surface area contributed by atoms with Crippen LogP contribution in [0.25, 0.3) is 0 Å². The number of carbonyl (C=O) groups excluding carboxylic acids is 1. The van der Waals surface area contributed by atoms with Crippen molar-refractivity contribution in [2.24, 2.45) is 11.1 Å². The van der Waals surface area contributed by atoms with Crippen LogP contribution in [0.15, 0.2) is 0 Å². The van der Waals surface area contributed by atoms with Crippen LogP contribution in [0.1, 0.15) is 45.4 Å². The number of nitrogens with one attached hydrogen (secondary N) is 1. The van der Waals surface area contributed by atoms with Gasteiger partial charge >= 0.3 is 0 Å². The molecule has 0 aromatic heterocycles. The van der Waals surface area contributed by atoms with Gasteiger partial charge in [-0.3, -0.25) is 4.79 Å². The van der Waals surface area contributed by atoms with Gasteiger partial charge in [0.1, 0.15) is 0 Å². The van der Waals surface area contributed by atoms with Crippen molar-refractivity contribution in [2.45, 2.75) is 51.5 Å². The number of ether oxygens (including phenoxy) is 1. The summed E-state index contributed by atoms with van der Waals surface area (Å²) in [6, 6.07) is -0.0616. The molecule has 0 heterocycles. The van der Waals surface area contributed by atoms with Crippen LogP contribution in [0.2, 0.25) is 0 Å². The monoisotopic (exact) mass is 278 g/mol. The van der Waals surface area contributed by atoms with Gasteiger partial charge in [0.15, 0.2) is 0 Å². The molecule has 0 aliphatic heterocycles. The van der Waals surface area contributed by atoms with E-state index in [1.807, 2.05) is 6.92 Å². The molecule has 0 aromatic rings. The first kappa shape index (κ1) is 17.7. The van der Waals surface area contributed by atoms with Crippen molar-refractivity contribution in [1.29, 1.82) is 0 Å². The first-order valence-corrected chi connectivity index (χ1v) is 6.59. The Morgan fingerprint density at radius 3 is 2.56 bits per heavy atom. The molecule has 1 aliphatic rings. The molecule has 0 spiro atoms. The molecule has 5 heteroatoms. The topological polar surface area (TPSA) is 64.3 Å². The van der Waals surface area contributed by atoms with Crippen molar-refractivity contribution in [2.75, 3.05) is 20.3 Å². The summed E-state index contributed by atoms with van der Waals surface area (Å²) >= 11 is 0. The van der Waals surface area contributed by atoms with E-state index in [9.17, 15) is 4.79 Å². The van der Waals surface area contributed by atoms with E-state index in [4.69, 9.17) is 10.5 Å². The molecule has 0 bridgehead atoms. The molecule has 0 radical (unpaired) electrons. The van der Waals surface area contributed by atoms with Crippen molar-refractivity contribution in [3.63, 3.8) is 0 Å². The molecule has 0 saturated heterocycles. The van der Waals surface area contributed by atoms with E-state index in [0.717, 1.165) is 19.6 Å². The van der Waals surface area contributed by atoms with Gasteiger partial charge in [0.2, 0.25) is 5.91 Å². The van der Waals surface area contributed by atoms with Gasteiger partial charge in [-0.05, 0) is 31.6 Å². The molecule has 1 saturated carbocycles. The molecule has 1 fully saturated rings. The van der Waals surface area contributed by atoms with Gasteiger partial charge < -0.3 is 15.8 Å². The lowest BCUT2D eigenvalue weighted by molar-refractivity contribution is -0.121. The zero-order valence-corrected chi connectivity index (χ0v) is 12.4. The predicted molar refractivity (Wildman–Crippen MR) is 75.9 cm³/mol. The molecule has 108 valence electrons. The first-order valence-electron chi connectivity index (χ1n) is 6.59. The van der Waals surface area contributed by atoms with Crippen LogP contribution in [0.5, 0.6) is 0 Å². The maximum Gasteiger partial charge on any atom is 0.221 e. The largest absolute Gasteiger partial charge is 0.385 e. The number of hydrogen-bond acceptors (Lipinski definition) is 3. The molecule has 3 N–H and O–H groups in total. The van der Waals surface area contributed by atoms with Gasteiger partial charge in [0, 0.05) is 32.7 Å². The molecule has 1 unspecified atom stereocenters. The maximum atomic E-state index is 11.6. The van der Waals surface area contributed by atoms with Crippen LogP contribution in [0.4, 0.5) is 0 Å². The Bertz CT molecular complexity index is 241. The molecular formula is C13H27ClN2O2. The standard InChI is InChI=1S/C13H26N2O2.ClH/c1-11(14)9-12(16)15-10-13(7-8-17-2)5-3-4-6-13;/h11H,3-10,14H2,1-2H3,(H,15,16);1H. The van der Waals surface area contributed by atoms with Crippen molar-refractivity contribution >= 4 is 18.3 Å². The fourth-order valence-electron chi connectivity index (χ4n) is 2.61. The predicted octanol–water partition coefficient (Wildman–Crippen LogP) is 1.86. The number of amides is 1. The maximum absolute atomic E-state index is 11.6. The van der Waals surface area contributed by atoms with Crippen LogP contribution in [-0.2, 0) is 9.53 Å². The second-order valence-electron chi connectivity index (χ2n) is 5.41. The lowest BCUT2D eigenvalue weighted by Crippen LogP contribution is -2.38. The number of methoxy groups -OCH3 is 1. The quantitative estimate of drug-likeness (QED) is 0.747. The number of halogens is 1. The minimum Gasteiger partial charge on any atom is -0.385 e. The molecule has 1 amide bonds. The minimum absolute atomic E-state index is 0. The molecule has 0 aromatic carbocycles. The summed E-state index contributed by atoms with van der Waals surface area (Å²) in [6.07, 6.45) is 6.41. The van der Waals surface area contributed by atoms with Crippen LogP contribution >= 0.6 is 12.4 Å². The Balaban J connectivity index is 0.00000289. The summed E-state index contributed by atoms with van der Waals surface area (Å²) in [5, 5.41) is 3.03. The van der Waals surface area contributed by atoms with Crippen molar-refractivity contribution in [3.8, 4) is 0 Å². The summed E-state index contributed by atoms with van der Waals surface area (Å²) in [4.78, 5) is 11.6. The SMILES string of the molecule is COCCC1(CNC(=O)CC(C)N)CCCC1.Cl. The van der Waals surface area contributed by atoms with Gasteiger partial charge in [-0.2, -0.15) is 0 Å². The summed E-state index contributed by atoms with van der Waals surface area (Å²) in [5.74, 6) is 0.0729. The first-order chi connectivity index (χ1) is 8.08. The number of rotatable bonds is 7. The average Bonchev–Trinajstić information content (AvgIpc) is 2.72. The highest BCUT2D eigenvalue weighted by Crippen LogP contribution is 2.40. The Kier molecular flexibility index (Phi) is 8.57. The number of carbonyl (C=O) groups is 1. The molecule has 1 aliphatic carbocycles. The van der Waals surface area contributed by atoms with Crippen LogP contribution in [-0.4, -0.2) is 32.2 Å². The van der Waals surface area contributed by atoms with Crippen molar-refractivity contribution in [3.05, 3.63) is 0 Å². The fourth-order valence-corrected chi connectivity index (χ4v) is 2.61. The smallest absolute Gasteiger partial charge is 0.221 e. The van der Waals surface area contributed by atoms with Crippen molar-refractivity contribution in [1.82, 2.24) is 5.32 Å². The third-order valence-electron chi connectivity index (χ3n) is 3.67. The van der Waals surface area contributed by atoms with E-state index in [2.05, 4.69) is 5.32 Å². The van der Waals surface area contributed by atoms with Crippen LogP contribution in [0.3, 0.4) is 0 Å². The van der Waals surface area contributed by atoms with E-state index < -0.39 is 0 Å². The van der Waals surface area contributed by atoms with Gasteiger partial charge in [-0.15, -0.1) is 12.4 Å². The van der Waals surface area contributed by atoms with Gasteiger partial charge in [0.25, 0.3) is 0 Å². The Morgan fingerprint density at radius 2 is 2.06 bits per heavy atom. The van der Waals surface area contributed by atoms with E-state index in [1.54, 1.807) is 7.11 Å². The molecule has 4 nitrogen and oxygen atoms in total. The van der Waals surface area contributed by atoms with Gasteiger partial charge in [-0.25, -0.2) is 0 Å². The van der Waals surface area contributed by atoms with E-state index >= 15 is 0 Å². The summed E-state index contributed by atoms with van der Waals surface area (Å²) in [7, 11) is 1.73. The van der Waals surface area contributed by atoms with Crippen molar-refractivity contribution < 1.29 is 9.53 Å². The van der Waals surface area contributed by atoms with E-state index in [-0.39, 0.29) is 29.8 Å². The molecule has 1 rings (SSSR count). The Labute approximate surface area is 116 Å². The normalized spacial score (nSPS) is 19.1. The molecular weight excluding hydrogens is 252 g/mol. The van der Waals surface area contributed by atoms with E-state index in [0.29, 0.717) is 6.42 Å². The third kappa shape index (κ3) is 6.03. The zero-order chi connectivity index (χ0) is 12.7. The second-order valence-corrected chi connectivity index (χ2v) is 5.41. The summed E-state index contributed by atoms with van der Waals surface area (Å²) < 4.78 is 5.17. The highest BCUT2D eigenvalue weighted by atomic mass is 35.5. The lowest BCUT2D eigenvalue weighted by atomic mass is 9.83. The number of hydrogen-bond donors (Lipinski definition) is 2. The summed E-state index contributed by atoms with van der Waals surface area (Å²) in [5.41, 5.74) is 5.88. The fraction of sp³-hybridized carbons (Fsp3) is 0.923. The van der Waals surface area contributed by atoms with Crippen LogP contribution in [0, 0.1) is 5.41 Å². The average molecular weight is 279 g/mol. The highest BCUT2D eigenvalue weighted by Gasteiger charge is 2.33. The van der Waals surface area contributed by atoms with Crippen LogP contribution < -0.4 is 11.1 Å². The second kappa shape index (κ2) is 8.73. The highest BCUT2D eigenvalue weighted by molar-refractivity contribution is 5.85. The molecule has 1 atom stereocenters. The third-order valence-corrected chi connectivity index (χ3v) is 3.67. The van der Waals surface area contributed by atoms with E-state index in [1.165, 1.54) is 25.7 Å². The minimum atomic E-state index is -0.0616. The summed E-state index contributed by atoms with van der Waals surface area (Å²) in [6.45, 7) is 3.42. The van der Waals surface area contributed by atoms with Gasteiger partial charge in [-0.1, -0.05) is 12.8 Å². The Morgan fingerprint density at radius 1 is 1.44 bits per heavy atom. The number of nitrogens with two attached hydrogens (primary N) is 1. The van der Waals surface area contributed by atoms with Gasteiger partial charge in [0.05, 0.1) is 0 Å². The molecule has 18 heavy (non-hydrogen) atoms. The lowest BCUT2D eigenvalue weighted by Gasteiger charge is -2.29. The zero-order valence-electron chi connectivity index (χ0n) is 11.5. The Hall–Kier alpha value is -0.320.